The number of hydrogen-bond donors (Lipinski definition) is 1. The van der Waals surface area contributed by atoms with Crippen LogP contribution in [-0.2, 0) is 9.59 Å². The van der Waals surface area contributed by atoms with Crippen LogP contribution in [0, 0.1) is 5.41 Å². The highest BCUT2D eigenvalue weighted by Crippen LogP contribution is 2.30. The van der Waals surface area contributed by atoms with Crippen molar-refractivity contribution in [1.29, 1.82) is 0 Å². The van der Waals surface area contributed by atoms with Crippen molar-refractivity contribution in [2.75, 3.05) is 0 Å². The molecule has 70 valence electrons. The summed E-state index contributed by atoms with van der Waals surface area (Å²) < 4.78 is 0. The molecule has 0 radical (unpaired) electrons. The van der Waals surface area contributed by atoms with Crippen molar-refractivity contribution in [3.63, 3.8) is 0 Å². The first-order valence-electron chi connectivity index (χ1n) is 4.11. The van der Waals surface area contributed by atoms with Crippen molar-refractivity contribution in [3.8, 4) is 0 Å². The lowest BCUT2D eigenvalue weighted by atomic mass is 9.75. The highest BCUT2D eigenvalue weighted by molar-refractivity contribution is 6.05. The van der Waals surface area contributed by atoms with E-state index in [4.69, 9.17) is 0 Å². The predicted molar refractivity (Wildman–Crippen MR) is 50.1 cm³/mol. The van der Waals surface area contributed by atoms with Crippen molar-refractivity contribution in [2.45, 2.75) is 19.9 Å². The maximum Gasteiger partial charge on any atom is 0.207 e. The molecule has 0 aromatic carbocycles. The molecule has 1 aliphatic rings. The Kier molecular flexibility index (Phi) is 2.36. The molecule has 3 nitrogen and oxygen atoms in total. The summed E-state index contributed by atoms with van der Waals surface area (Å²) >= 11 is 0. The number of allylic oxidation sites excluding steroid dienone is 1. The minimum absolute atomic E-state index is 0.112. The summed E-state index contributed by atoms with van der Waals surface area (Å²) in [7, 11) is 0. The number of ketones is 1. The molecule has 0 aliphatic heterocycles. The third-order valence-electron chi connectivity index (χ3n) is 2.31. The molecule has 0 heterocycles. The first-order valence-corrected chi connectivity index (χ1v) is 4.11. The van der Waals surface area contributed by atoms with Crippen LogP contribution in [-0.4, -0.2) is 18.2 Å². The van der Waals surface area contributed by atoms with Gasteiger partial charge in [0.25, 0.3) is 0 Å². The van der Waals surface area contributed by atoms with Crippen LogP contribution >= 0.6 is 0 Å². The van der Waals surface area contributed by atoms with E-state index >= 15 is 0 Å². The SMILES string of the molecule is C=C1C(=O)C=CC(C)(C)C1NC=O. The monoisotopic (exact) mass is 179 g/mol. The molecule has 3 heteroatoms. The third kappa shape index (κ3) is 1.69. The number of hydrogen-bond acceptors (Lipinski definition) is 2. The topological polar surface area (TPSA) is 46.2 Å². The van der Waals surface area contributed by atoms with E-state index in [1.807, 2.05) is 13.8 Å². The van der Waals surface area contributed by atoms with Gasteiger partial charge in [-0.2, -0.15) is 0 Å². The molecule has 0 saturated heterocycles. The van der Waals surface area contributed by atoms with E-state index in [9.17, 15) is 9.59 Å². The van der Waals surface area contributed by atoms with Crippen LogP contribution in [0.5, 0.6) is 0 Å². The summed E-state index contributed by atoms with van der Waals surface area (Å²) in [4.78, 5) is 21.6. The Balaban J connectivity index is 3.01. The van der Waals surface area contributed by atoms with E-state index in [2.05, 4.69) is 11.9 Å². The van der Waals surface area contributed by atoms with E-state index in [1.165, 1.54) is 6.08 Å². The maximum atomic E-state index is 11.2. The normalized spacial score (nSPS) is 25.8. The van der Waals surface area contributed by atoms with E-state index in [0.717, 1.165) is 0 Å². The molecule has 1 aliphatic carbocycles. The summed E-state index contributed by atoms with van der Waals surface area (Å²) in [5.41, 5.74) is 0.200. The van der Waals surface area contributed by atoms with Crippen LogP contribution in [0.1, 0.15) is 13.8 Å². The number of carbonyl (C=O) groups is 2. The fourth-order valence-electron chi connectivity index (χ4n) is 1.47. The van der Waals surface area contributed by atoms with Crippen molar-refractivity contribution in [3.05, 3.63) is 24.3 Å². The van der Waals surface area contributed by atoms with Gasteiger partial charge in [-0.3, -0.25) is 9.59 Å². The molecule has 0 bridgehead atoms. The van der Waals surface area contributed by atoms with Gasteiger partial charge in [-0.15, -0.1) is 0 Å². The van der Waals surface area contributed by atoms with Crippen LogP contribution in [0.25, 0.3) is 0 Å². The molecule has 1 rings (SSSR count). The summed E-state index contributed by atoms with van der Waals surface area (Å²) in [6.07, 6.45) is 3.90. The Hall–Kier alpha value is -1.38. The zero-order valence-electron chi connectivity index (χ0n) is 7.83. The van der Waals surface area contributed by atoms with Crippen LogP contribution in [0.3, 0.4) is 0 Å². The zero-order chi connectivity index (χ0) is 10.1. The fraction of sp³-hybridized carbons (Fsp3) is 0.400. The van der Waals surface area contributed by atoms with Gasteiger partial charge in [0, 0.05) is 11.0 Å². The van der Waals surface area contributed by atoms with Crippen LogP contribution in [0.15, 0.2) is 24.3 Å². The molecule has 1 unspecified atom stereocenters. The van der Waals surface area contributed by atoms with Gasteiger partial charge < -0.3 is 5.32 Å². The van der Waals surface area contributed by atoms with Crippen molar-refractivity contribution in [2.24, 2.45) is 5.41 Å². The molecule has 0 fully saturated rings. The fourth-order valence-corrected chi connectivity index (χ4v) is 1.47. The first-order chi connectivity index (χ1) is 5.99. The molecule has 1 N–H and O–H groups in total. The van der Waals surface area contributed by atoms with Crippen LogP contribution < -0.4 is 5.32 Å². The quantitative estimate of drug-likeness (QED) is 0.504. The lowest BCUT2D eigenvalue weighted by Crippen LogP contribution is -2.45. The second-order valence-electron chi connectivity index (χ2n) is 3.76. The van der Waals surface area contributed by atoms with Gasteiger partial charge in [0.1, 0.15) is 0 Å². The van der Waals surface area contributed by atoms with Crippen molar-refractivity contribution in [1.82, 2.24) is 5.32 Å². The van der Waals surface area contributed by atoms with Gasteiger partial charge >= 0.3 is 0 Å². The largest absolute Gasteiger partial charge is 0.351 e. The average Bonchev–Trinajstić information content (AvgIpc) is 2.07. The Labute approximate surface area is 77.5 Å². The summed E-state index contributed by atoms with van der Waals surface area (Å²) in [5.74, 6) is -0.112. The molecule has 0 saturated carbocycles. The molecule has 0 aromatic heterocycles. The predicted octanol–water partition coefficient (Wildman–Crippen LogP) is 0.822. The second-order valence-corrected chi connectivity index (χ2v) is 3.76. The molecule has 1 amide bonds. The number of nitrogens with one attached hydrogen (secondary N) is 1. The lowest BCUT2D eigenvalue weighted by Gasteiger charge is -2.34. The zero-order valence-corrected chi connectivity index (χ0v) is 7.83. The van der Waals surface area contributed by atoms with Gasteiger partial charge in [0.05, 0.1) is 6.04 Å². The molecular weight excluding hydrogens is 166 g/mol. The minimum Gasteiger partial charge on any atom is -0.351 e. The molecule has 0 aromatic rings. The molecular formula is C10H13NO2. The standard InChI is InChI=1S/C10H13NO2/c1-7-8(13)4-5-10(2,3)9(7)11-6-12/h4-6,9H,1H2,2-3H3,(H,11,12). The smallest absolute Gasteiger partial charge is 0.207 e. The Morgan fingerprint density at radius 2 is 2.23 bits per heavy atom. The summed E-state index contributed by atoms with van der Waals surface area (Å²) in [6.45, 7) is 7.56. The summed E-state index contributed by atoms with van der Waals surface area (Å²) in [5, 5.41) is 2.60. The Morgan fingerprint density at radius 1 is 1.62 bits per heavy atom. The first kappa shape index (κ1) is 9.71. The minimum atomic E-state index is -0.289. The van der Waals surface area contributed by atoms with Gasteiger partial charge in [-0.05, 0) is 6.08 Å². The van der Waals surface area contributed by atoms with Crippen LogP contribution in [0.4, 0.5) is 0 Å². The van der Waals surface area contributed by atoms with Crippen molar-refractivity contribution >= 4 is 12.2 Å². The lowest BCUT2D eigenvalue weighted by molar-refractivity contribution is -0.113. The Bertz CT molecular complexity index is 289. The summed E-state index contributed by atoms with van der Waals surface area (Å²) in [6, 6.07) is -0.289. The molecule has 1 atom stereocenters. The number of amides is 1. The van der Waals surface area contributed by atoms with Crippen molar-refractivity contribution < 1.29 is 9.59 Å². The highest BCUT2D eigenvalue weighted by Gasteiger charge is 2.34. The highest BCUT2D eigenvalue weighted by atomic mass is 16.1. The maximum absolute atomic E-state index is 11.2. The Morgan fingerprint density at radius 3 is 2.77 bits per heavy atom. The molecule has 0 spiro atoms. The van der Waals surface area contributed by atoms with Crippen LogP contribution in [0.2, 0.25) is 0 Å². The van der Waals surface area contributed by atoms with Gasteiger partial charge in [-0.25, -0.2) is 0 Å². The van der Waals surface area contributed by atoms with E-state index in [1.54, 1.807) is 6.08 Å². The van der Waals surface area contributed by atoms with E-state index < -0.39 is 0 Å². The average molecular weight is 179 g/mol. The molecule has 13 heavy (non-hydrogen) atoms. The third-order valence-corrected chi connectivity index (χ3v) is 2.31. The van der Waals surface area contributed by atoms with Gasteiger partial charge in [-0.1, -0.05) is 26.5 Å². The second kappa shape index (κ2) is 3.17. The van der Waals surface area contributed by atoms with Gasteiger partial charge in [0.15, 0.2) is 5.78 Å². The van der Waals surface area contributed by atoms with E-state index in [0.29, 0.717) is 12.0 Å². The number of rotatable bonds is 2. The van der Waals surface area contributed by atoms with E-state index in [-0.39, 0.29) is 17.2 Å². The number of carbonyl (C=O) groups excluding carboxylic acids is 2. The van der Waals surface area contributed by atoms with Gasteiger partial charge in [0.2, 0.25) is 6.41 Å².